The summed E-state index contributed by atoms with van der Waals surface area (Å²) in [5.74, 6) is 0.215. The first kappa shape index (κ1) is 11.5. The van der Waals surface area contributed by atoms with E-state index in [0.29, 0.717) is 6.29 Å². The summed E-state index contributed by atoms with van der Waals surface area (Å²) >= 11 is 5.74. The van der Waals surface area contributed by atoms with Crippen molar-refractivity contribution in [1.82, 2.24) is 0 Å². The van der Waals surface area contributed by atoms with Crippen molar-refractivity contribution < 1.29 is 14.5 Å². The largest absolute Gasteiger partial charge is 0.491 e. The SMILES string of the molecule is O=CCCOc1cc([N+](=O)[O-])ccc1Cl. The third-order valence-corrected chi connectivity index (χ3v) is 1.93. The number of nitro groups is 1. The lowest BCUT2D eigenvalue weighted by Gasteiger charge is -2.05. The maximum Gasteiger partial charge on any atom is 0.273 e. The fourth-order valence-corrected chi connectivity index (χ4v) is 1.11. The molecule has 1 rings (SSSR count). The van der Waals surface area contributed by atoms with Crippen molar-refractivity contribution in [3.63, 3.8) is 0 Å². The lowest BCUT2D eigenvalue weighted by molar-refractivity contribution is -0.384. The molecule has 0 amide bonds. The molecule has 0 radical (unpaired) electrons. The van der Waals surface area contributed by atoms with Crippen LogP contribution in [0.1, 0.15) is 6.42 Å². The number of carbonyl (C=O) groups excluding carboxylic acids is 1. The summed E-state index contributed by atoms with van der Waals surface area (Å²) in [6, 6.07) is 3.90. The second-order valence-electron chi connectivity index (χ2n) is 2.68. The van der Waals surface area contributed by atoms with Gasteiger partial charge in [-0.05, 0) is 6.07 Å². The molecule has 0 bridgehead atoms. The van der Waals surface area contributed by atoms with Crippen molar-refractivity contribution in [3.05, 3.63) is 33.3 Å². The molecule has 0 saturated carbocycles. The molecule has 15 heavy (non-hydrogen) atoms. The molecule has 80 valence electrons. The van der Waals surface area contributed by atoms with Crippen molar-refractivity contribution in [2.24, 2.45) is 0 Å². The van der Waals surface area contributed by atoms with E-state index < -0.39 is 4.92 Å². The maximum atomic E-state index is 10.4. The highest BCUT2D eigenvalue weighted by atomic mass is 35.5. The van der Waals surface area contributed by atoms with Crippen molar-refractivity contribution in [1.29, 1.82) is 0 Å². The molecule has 1 aromatic carbocycles. The number of benzene rings is 1. The number of halogens is 1. The van der Waals surface area contributed by atoms with Crippen molar-refractivity contribution in [2.75, 3.05) is 6.61 Å². The van der Waals surface area contributed by atoms with Crippen LogP contribution in [0.25, 0.3) is 0 Å². The lowest BCUT2D eigenvalue weighted by atomic mass is 10.3. The van der Waals surface area contributed by atoms with Crippen LogP contribution in [-0.2, 0) is 4.79 Å². The molecule has 0 aromatic heterocycles. The molecule has 0 aliphatic rings. The molecule has 5 nitrogen and oxygen atoms in total. The predicted octanol–water partition coefficient (Wildman–Crippen LogP) is 2.22. The Morgan fingerprint density at radius 1 is 1.53 bits per heavy atom. The van der Waals surface area contributed by atoms with E-state index in [1.54, 1.807) is 0 Å². The van der Waals surface area contributed by atoms with Gasteiger partial charge in [0.25, 0.3) is 5.69 Å². The normalized spacial score (nSPS) is 9.67. The highest BCUT2D eigenvalue weighted by Gasteiger charge is 2.10. The number of nitro benzene ring substituents is 1. The Morgan fingerprint density at radius 2 is 2.27 bits per heavy atom. The second-order valence-corrected chi connectivity index (χ2v) is 3.08. The maximum absolute atomic E-state index is 10.4. The summed E-state index contributed by atoms with van der Waals surface area (Å²) in [6.07, 6.45) is 0.921. The van der Waals surface area contributed by atoms with Gasteiger partial charge < -0.3 is 9.53 Å². The van der Waals surface area contributed by atoms with Gasteiger partial charge in [-0.1, -0.05) is 11.6 Å². The Morgan fingerprint density at radius 3 is 2.87 bits per heavy atom. The fourth-order valence-electron chi connectivity index (χ4n) is 0.933. The van der Waals surface area contributed by atoms with Gasteiger partial charge in [0.1, 0.15) is 12.0 Å². The van der Waals surface area contributed by atoms with Crippen molar-refractivity contribution in [3.8, 4) is 5.75 Å². The molecule has 6 heteroatoms. The van der Waals surface area contributed by atoms with Gasteiger partial charge in [-0.15, -0.1) is 0 Å². The van der Waals surface area contributed by atoms with Gasteiger partial charge in [0, 0.05) is 12.5 Å². The number of hydrogen-bond acceptors (Lipinski definition) is 4. The quantitative estimate of drug-likeness (QED) is 0.336. The van der Waals surface area contributed by atoms with Crippen LogP contribution in [0.4, 0.5) is 5.69 Å². The Balaban J connectivity index is 2.80. The Hall–Kier alpha value is -1.62. The first-order chi connectivity index (χ1) is 7.15. The zero-order valence-corrected chi connectivity index (χ0v) is 8.44. The molecule has 0 aliphatic carbocycles. The van der Waals surface area contributed by atoms with Crippen LogP contribution < -0.4 is 4.74 Å². The minimum atomic E-state index is -0.539. The summed E-state index contributed by atoms with van der Waals surface area (Å²) < 4.78 is 5.10. The summed E-state index contributed by atoms with van der Waals surface area (Å²) in [6.45, 7) is 0.157. The third-order valence-electron chi connectivity index (χ3n) is 1.62. The molecule has 0 N–H and O–H groups in total. The Bertz CT molecular complexity index is 380. The molecule has 0 fully saturated rings. The van der Waals surface area contributed by atoms with E-state index in [2.05, 4.69) is 0 Å². The van der Waals surface area contributed by atoms with Crippen LogP contribution >= 0.6 is 11.6 Å². The van der Waals surface area contributed by atoms with Crippen LogP contribution in [0, 0.1) is 10.1 Å². The Labute approximate surface area is 90.8 Å². The zero-order chi connectivity index (χ0) is 11.3. The predicted molar refractivity (Wildman–Crippen MR) is 54.3 cm³/mol. The number of nitrogens with zero attached hydrogens (tertiary/aromatic N) is 1. The molecule has 0 heterocycles. The molecule has 0 spiro atoms. The van der Waals surface area contributed by atoms with E-state index >= 15 is 0 Å². The van der Waals surface area contributed by atoms with Gasteiger partial charge >= 0.3 is 0 Å². The molecule has 1 aromatic rings. The highest BCUT2D eigenvalue weighted by molar-refractivity contribution is 6.32. The van der Waals surface area contributed by atoms with E-state index in [-0.39, 0.29) is 29.5 Å². The topological polar surface area (TPSA) is 69.4 Å². The minimum absolute atomic E-state index is 0.0968. The number of carbonyl (C=O) groups is 1. The summed E-state index contributed by atoms with van der Waals surface area (Å²) in [5.41, 5.74) is -0.0968. The summed E-state index contributed by atoms with van der Waals surface area (Å²) in [4.78, 5) is 19.9. The molecule has 0 atom stereocenters. The molecular weight excluding hydrogens is 222 g/mol. The smallest absolute Gasteiger partial charge is 0.273 e. The number of aldehydes is 1. The van der Waals surface area contributed by atoms with E-state index in [1.165, 1.54) is 18.2 Å². The van der Waals surface area contributed by atoms with Gasteiger partial charge in [-0.25, -0.2) is 0 Å². The van der Waals surface area contributed by atoms with Gasteiger partial charge in [-0.2, -0.15) is 0 Å². The standard InChI is InChI=1S/C9H8ClNO4/c10-8-3-2-7(11(13)14)6-9(8)15-5-1-4-12/h2-4,6H,1,5H2. The molecule has 0 aliphatic heterocycles. The van der Waals surface area contributed by atoms with E-state index in [1.807, 2.05) is 0 Å². The van der Waals surface area contributed by atoms with Gasteiger partial charge in [-0.3, -0.25) is 10.1 Å². The van der Waals surface area contributed by atoms with Crippen molar-refractivity contribution in [2.45, 2.75) is 6.42 Å². The average molecular weight is 230 g/mol. The zero-order valence-electron chi connectivity index (χ0n) is 7.68. The fraction of sp³-hybridized carbons (Fsp3) is 0.222. The number of hydrogen-bond donors (Lipinski definition) is 0. The van der Waals surface area contributed by atoms with Gasteiger partial charge in [0.15, 0.2) is 0 Å². The van der Waals surface area contributed by atoms with Crippen LogP contribution in [0.15, 0.2) is 18.2 Å². The first-order valence-corrected chi connectivity index (χ1v) is 4.53. The van der Waals surface area contributed by atoms with Crippen LogP contribution in [0.3, 0.4) is 0 Å². The summed E-state index contributed by atoms with van der Waals surface area (Å²) in [5, 5.41) is 10.7. The third kappa shape index (κ3) is 3.21. The van der Waals surface area contributed by atoms with Gasteiger partial charge in [0.05, 0.1) is 22.6 Å². The van der Waals surface area contributed by atoms with Gasteiger partial charge in [0.2, 0.25) is 0 Å². The number of ether oxygens (including phenoxy) is 1. The monoisotopic (exact) mass is 229 g/mol. The van der Waals surface area contributed by atoms with E-state index in [9.17, 15) is 14.9 Å². The Kier molecular flexibility index (Phi) is 4.05. The van der Waals surface area contributed by atoms with Crippen molar-refractivity contribution >= 4 is 23.6 Å². The highest BCUT2D eigenvalue weighted by Crippen LogP contribution is 2.28. The number of rotatable bonds is 5. The molecule has 0 unspecified atom stereocenters. The van der Waals surface area contributed by atoms with Crippen LogP contribution in [0.2, 0.25) is 5.02 Å². The number of non-ortho nitro benzene ring substituents is 1. The van der Waals surface area contributed by atoms with E-state index in [4.69, 9.17) is 16.3 Å². The molecular formula is C9H8ClNO4. The lowest BCUT2D eigenvalue weighted by Crippen LogP contribution is -1.99. The second kappa shape index (κ2) is 5.31. The van der Waals surface area contributed by atoms with E-state index in [0.717, 1.165) is 0 Å². The van der Waals surface area contributed by atoms with Crippen LogP contribution in [-0.4, -0.2) is 17.8 Å². The van der Waals surface area contributed by atoms with Crippen LogP contribution in [0.5, 0.6) is 5.75 Å². The first-order valence-electron chi connectivity index (χ1n) is 4.15. The minimum Gasteiger partial charge on any atom is -0.491 e. The average Bonchev–Trinajstić information content (AvgIpc) is 2.20. The molecule has 0 saturated heterocycles. The summed E-state index contributed by atoms with van der Waals surface area (Å²) in [7, 11) is 0.